The van der Waals surface area contributed by atoms with E-state index in [1.807, 2.05) is 0 Å². The standard InChI is InChI=1S/C16H23N3O/c1-11-4-5-14(20-3)16-15(11)12(6-7-17)13-10-18(2)8-9-19(13)16/h4-5H,6-10,17H2,1-3H3. The molecule has 0 radical (unpaired) electrons. The predicted octanol–water partition coefficient (Wildman–Crippen LogP) is 1.90. The summed E-state index contributed by atoms with van der Waals surface area (Å²) < 4.78 is 8.04. The van der Waals surface area contributed by atoms with E-state index in [0.717, 1.165) is 31.8 Å². The maximum Gasteiger partial charge on any atom is 0.143 e. The first kappa shape index (κ1) is 13.5. The fourth-order valence-electron chi connectivity index (χ4n) is 3.38. The number of ether oxygens (including phenoxy) is 1. The highest BCUT2D eigenvalue weighted by molar-refractivity contribution is 5.93. The van der Waals surface area contributed by atoms with Gasteiger partial charge in [-0.1, -0.05) is 6.07 Å². The van der Waals surface area contributed by atoms with Crippen LogP contribution in [0.2, 0.25) is 0 Å². The molecule has 0 bridgehead atoms. The average Bonchev–Trinajstić information content (AvgIpc) is 2.75. The summed E-state index contributed by atoms with van der Waals surface area (Å²) in [6.45, 7) is 5.96. The Morgan fingerprint density at radius 2 is 2.10 bits per heavy atom. The van der Waals surface area contributed by atoms with Crippen LogP contribution in [0.4, 0.5) is 0 Å². The topological polar surface area (TPSA) is 43.4 Å². The van der Waals surface area contributed by atoms with Gasteiger partial charge in [-0.25, -0.2) is 0 Å². The van der Waals surface area contributed by atoms with E-state index in [4.69, 9.17) is 10.5 Å². The molecule has 4 heteroatoms. The average molecular weight is 273 g/mol. The molecule has 1 aliphatic rings. The summed E-state index contributed by atoms with van der Waals surface area (Å²) >= 11 is 0. The zero-order chi connectivity index (χ0) is 14.3. The van der Waals surface area contributed by atoms with Crippen LogP contribution in [-0.4, -0.2) is 36.7 Å². The first-order valence-corrected chi connectivity index (χ1v) is 7.23. The minimum atomic E-state index is 0.687. The van der Waals surface area contributed by atoms with Crippen LogP contribution in [0.25, 0.3) is 10.9 Å². The largest absolute Gasteiger partial charge is 0.495 e. The van der Waals surface area contributed by atoms with Crippen LogP contribution in [0.3, 0.4) is 0 Å². The number of methoxy groups -OCH3 is 1. The van der Waals surface area contributed by atoms with Crippen molar-refractivity contribution in [3.05, 3.63) is 29.0 Å². The lowest BCUT2D eigenvalue weighted by Crippen LogP contribution is -2.30. The molecule has 0 aliphatic carbocycles. The summed E-state index contributed by atoms with van der Waals surface area (Å²) in [7, 11) is 3.93. The van der Waals surface area contributed by atoms with E-state index >= 15 is 0 Å². The fraction of sp³-hybridized carbons (Fsp3) is 0.500. The summed E-state index contributed by atoms with van der Waals surface area (Å²) in [4.78, 5) is 2.37. The quantitative estimate of drug-likeness (QED) is 0.929. The molecule has 0 saturated carbocycles. The van der Waals surface area contributed by atoms with Gasteiger partial charge in [-0.05, 0) is 44.1 Å². The molecule has 0 saturated heterocycles. The Kier molecular flexibility index (Phi) is 3.44. The molecule has 4 nitrogen and oxygen atoms in total. The first-order chi connectivity index (χ1) is 9.67. The van der Waals surface area contributed by atoms with E-state index in [1.165, 1.54) is 27.7 Å². The van der Waals surface area contributed by atoms with Crippen molar-refractivity contribution in [3.8, 4) is 5.75 Å². The lowest BCUT2D eigenvalue weighted by molar-refractivity contribution is 0.271. The molecular weight excluding hydrogens is 250 g/mol. The van der Waals surface area contributed by atoms with Crippen molar-refractivity contribution < 1.29 is 4.74 Å². The molecule has 2 heterocycles. The van der Waals surface area contributed by atoms with Crippen molar-refractivity contribution in [2.45, 2.75) is 26.4 Å². The molecule has 0 spiro atoms. The lowest BCUT2D eigenvalue weighted by Gasteiger charge is -2.26. The van der Waals surface area contributed by atoms with E-state index < -0.39 is 0 Å². The SMILES string of the molecule is COc1ccc(C)c2c(CCN)c3n(c12)CCN(C)C3. The number of fused-ring (bicyclic) bond motifs is 3. The number of hydrogen-bond acceptors (Lipinski definition) is 3. The van der Waals surface area contributed by atoms with Gasteiger partial charge < -0.3 is 15.0 Å². The highest BCUT2D eigenvalue weighted by Gasteiger charge is 2.24. The van der Waals surface area contributed by atoms with E-state index in [9.17, 15) is 0 Å². The second kappa shape index (κ2) is 5.11. The molecule has 0 fully saturated rings. The number of nitrogens with two attached hydrogens (primary N) is 1. The third-order valence-electron chi connectivity index (χ3n) is 4.33. The third-order valence-corrected chi connectivity index (χ3v) is 4.33. The van der Waals surface area contributed by atoms with Crippen molar-refractivity contribution in [1.29, 1.82) is 0 Å². The molecule has 0 atom stereocenters. The molecule has 2 N–H and O–H groups in total. The Morgan fingerprint density at radius 3 is 2.80 bits per heavy atom. The van der Waals surface area contributed by atoms with Crippen molar-refractivity contribution in [2.24, 2.45) is 5.73 Å². The molecular formula is C16H23N3O. The second-order valence-corrected chi connectivity index (χ2v) is 5.66. The third kappa shape index (κ3) is 1.91. The summed E-state index contributed by atoms with van der Waals surface area (Å²) in [6, 6.07) is 4.23. The van der Waals surface area contributed by atoms with Gasteiger partial charge in [-0.15, -0.1) is 0 Å². The Morgan fingerprint density at radius 1 is 1.30 bits per heavy atom. The number of likely N-dealkylation sites (N-methyl/N-ethyl adjacent to an activating group) is 1. The molecule has 0 unspecified atom stereocenters. The van der Waals surface area contributed by atoms with Crippen LogP contribution >= 0.6 is 0 Å². The predicted molar refractivity (Wildman–Crippen MR) is 82.3 cm³/mol. The molecule has 1 aliphatic heterocycles. The highest BCUT2D eigenvalue weighted by Crippen LogP contribution is 2.37. The second-order valence-electron chi connectivity index (χ2n) is 5.66. The molecule has 20 heavy (non-hydrogen) atoms. The van der Waals surface area contributed by atoms with Crippen molar-refractivity contribution in [2.75, 3.05) is 27.2 Å². The van der Waals surface area contributed by atoms with Crippen LogP contribution in [0.1, 0.15) is 16.8 Å². The molecule has 0 amide bonds. The summed E-state index contributed by atoms with van der Waals surface area (Å²) in [5.41, 5.74) is 11.2. The van der Waals surface area contributed by atoms with Gasteiger partial charge in [0.25, 0.3) is 0 Å². The van der Waals surface area contributed by atoms with Gasteiger partial charge in [0.15, 0.2) is 0 Å². The minimum Gasteiger partial charge on any atom is -0.495 e. The summed E-state index contributed by atoms with van der Waals surface area (Å²) in [5.74, 6) is 0.972. The Balaban J connectivity index is 2.36. The normalized spacial score (nSPS) is 15.6. The number of aromatic nitrogens is 1. The van der Waals surface area contributed by atoms with Crippen molar-refractivity contribution >= 4 is 10.9 Å². The number of nitrogens with zero attached hydrogens (tertiary/aromatic N) is 2. The van der Waals surface area contributed by atoms with Crippen molar-refractivity contribution in [3.63, 3.8) is 0 Å². The molecule has 108 valence electrons. The van der Waals surface area contributed by atoms with Crippen LogP contribution in [0.5, 0.6) is 5.75 Å². The van der Waals surface area contributed by atoms with Gasteiger partial charge in [0.1, 0.15) is 5.75 Å². The van der Waals surface area contributed by atoms with E-state index in [1.54, 1.807) is 7.11 Å². The molecule has 3 rings (SSSR count). The van der Waals surface area contributed by atoms with Crippen LogP contribution in [0, 0.1) is 6.92 Å². The zero-order valence-corrected chi connectivity index (χ0v) is 12.6. The Labute approximate surface area is 120 Å². The maximum absolute atomic E-state index is 5.85. The van der Waals surface area contributed by atoms with Crippen LogP contribution in [0.15, 0.2) is 12.1 Å². The number of aryl methyl sites for hydroxylation is 1. The molecule has 1 aromatic heterocycles. The first-order valence-electron chi connectivity index (χ1n) is 7.23. The minimum absolute atomic E-state index is 0.687. The van der Waals surface area contributed by atoms with E-state index in [0.29, 0.717) is 6.54 Å². The van der Waals surface area contributed by atoms with E-state index in [2.05, 4.69) is 35.6 Å². The molecule has 2 aromatic rings. The maximum atomic E-state index is 5.85. The van der Waals surface area contributed by atoms with Gasteiger partial charge in [0.05, 0.1) is 12.6 Å². The smallest absolute Gasteiger partial charge is 0.143 e. The number of hydrogen-bond donors (Lipinski definition) is 1. The highest BCUT2D eigenvalue weighted by atomic mass is 16.5. The number of rotatable bonds is 3. The monoisotopic (exact) mass is 273 g/mol. The number of benzene rings is 1. The van der Waals surface area contributed by atoms with Gasteiger partial charge >= 0.3 is 0 Å². The van der Waals surface area contributed by atoms with Gasteiger partial charge in [0, 0.05) is 30.7 Å². The molecule has 1 aromatic carbocycles. The van der Waals surface area contributed by atoms with Gasteiger partial charge in [0.2, 0.25) is 0 Å². The van der Waals surface area contributed by atoms with Crippen LogP contribution < -0.4 is 10.5 Å². The summed E-state index contributed by atoms with van der Waals surface area (Å²) in [5, 5.41) is 1.35. The summed E-state index contributed by atoms with van der Waals surface area (Å²) in [6.07, 6.45) is 0.931. The van der Waals surface area contributed by atoms with Crippen LogP contribution in [-0.2, 0) is 19.5 Å². The van der Waals surface area contributed by atoms with Gasteiger partial charge in [-0.2, -0.15) is 0 Å². The van der Waals surface area contributed by atoms with Crippen molar-refractivity contribution in [1.82, 2.24) is 9.47 Å². The lowest BCUT2D eigenvalue weighted by atomic mass is 10.0. The zero-order valence-electron chi connectivity index (χ0n) is 12.6. The Bertz CT molecular complexity index is 645. The Hall–Kier alpha value is -1.52. The fourth-order valence-corrected chi connectivity index (χ4v) is 3.38. The van der Waals surface area contributed by atoms with Gasteiger partial charge in [-0.3, -0.25) is 4.90 Å². The van der Waals surface area contributed by atoms with E-state index in [-0.39, 0.29) is 0 Å².